The number of rotatable bonds is 7. The van der Waals surface area contributed by atoms with E-state index in [2.05, 4.69) is 22.5 Å². The first-order chi connectivity index (χ1) is 11.8. The Bertz CT molecular complexity index is 639. The summed E-state index contributed by atoms with van der Waals surface area (Å²) in [6, 6.07) is 10.2. The minimum Gasteiger partial charge on any atom is -0.376 e. The van der Waals surface area contributed by atoms with E-state index in [9.17, 15) is 4.79 Å². The summed E-state index contributed by atoms with van der Waals surface area (Å²) in [5.74, 6) is 1.28. The van der Waals surface area contributed by atoms with Crippen LogP contribution in [0.2, 0.25) is 0 Å². The van der Waals surface area contributed by atoms with Crippen molar-refractivity contribution in [1.82, 2.24) is 9.78 Å². The lowest BCUT2D eigenvalue weighted by Crippen LogP contribution is -2.24. The molecule has 0 spiro atoms. The summed E-state index contributed by atoms with van der Waals surface area (Å²) in [6.45, 7) is 1.59. The predicted octanol–water partition coefficient (Wildman–Crippen LogP) is 3.32. The van der Waals surface area contributed by atoms with Gasteiger partial charge in [0.25, 0.3) is 0 Å². The SMILES string of the molecule is O=C(CSCc1ccccc1)Nc1cnn(C[C@@H]2CCCCO2)c1. The molecule has 1 amide bonds. The zero-order chi connectivity index (χ0) is 16.6. The fourth-order valence-corrected chi connectivity index (χ4v) is 3.51. The first-order valence-electron chi connectivity index (χ1n) is 8.35. The Kier molecular flexibility index (Phi) is 6.32. The highest BCUT2D eigenvalue weighted by Gasteiger charge is 2.15. The van der Waals surface area contributed by atoms with Gasteiger partial charge in [-0.15, -0.1) is 11.8 Å². The molecule has 0 aliphatic carbocycles. The number of nitrogens with one attached hydrogen (secondary N) is 1. The Hall–Kier alpha value is -1.79. The molecule has 0 radical (unpaired) electrons. The van der Waals surface area contributed by atoms with Gasteiger partial charge in [0, 0.05) is 18.6 Å². The summed E-state index contributed by atoms with van der Waals surface area (Å²) in [4.78, 5) is 12.0. The largest absolute Gasteiger partial charge is 0.376 e. The van der Waals surface area contributed by atoms with Crippen molar-refractivity contribution in [2.24, 2.45) is 0 Å². The molecule has 0 bridgehead atoms. The van der Waals surface area contributed by atoms with Gasteiger partial charge < -0.3 is 10.1 Å². The molecule has 1 N–H and O–H groups in total. The number of hydrogen-bond acceptors (Lipinski definition) is 4. The lowest BCUT2D eigenvalue weighted by Gasteiger charge is -2.22. The van der Waals surface area contributed by atoms with Crippen LogP contribution in [-0.4, -0.2) is 34.2 Å². The molecule has 3 rings (SSSR count). The van der Waals surface area contributed by atoms with E-state index in [1.807, 2.05) is 29.1 Å². The maximum absolute atomic E-state index is 12.0. The van der Waals surface area contributed by atoms with Gasteiger partial charge in [0.2, 0.25) is 5.91 Å². The van der Waals surface area contributed by atoms with Gasteiger partial charge >= 0.3 is 0 Å². The maximum Gasteiger partial charge on any atom is 0.234 e. The number of ether oxygens (including phenoxy) is 1. The smallest absolute Gasteiger partial charge is 0.234 e. The van der Waals surface area contributed by atoms with Gasteiger partial charge in [0.15, 0.2) is 0 Å². The van der Waals surface area contributed by atoms with Gasteiger partial charge in [0.05, 0.1) is 30.3 Å². The van der Waals surface area contributed by atoms with E-state index in [-0.39, 0.29) is 12.0 Å². The van der Waals surface area contributed by atoms with Crippen LogP contribution in [0.3, 0.4) is 0 Å². The summed E-state index contributed by atoms with van der Waals surface area (Å²) in [5.41, 5.74) is 1.98. The molecule has 24 heavy (non-hydrogen) atoms. The number of anilines is 1. The Morgan fingerprint density at radius 2 is 2.21 bits per heavy atom. The Morgan fingerprint density at radius 3 is 3.00 bits per heavy atom. The number of aromatic nitrogens is 2. The second-order valence-corrected chi connectivity index (χ2v) is 6.95. The monoisotopic (exact) mass is 345 g/mol. The minimum absolute atomic E-state index is 0.00407. The Balaban J connectivity index is 1.40. The molecule has 2 heterocycles. The number of benzene rings is 1. The van der Waals surface area contributed by atoms with E-state index in [4.69, 9.17) is 4.74 Å². The number of hydrogen-bond donors (Lipinski definition) is 1. The van der Waals surface area contributed by atoms with Crippen LogP contribution in [0.4, 0.5) is 5.69 Å². The van der Waals surface area contributed by atoms with Crippen molar-refractivity contribution in [3.8, 4) is 0 Å². The van der Waals surface area contributed by atoms with Crippen LogP contribution in [-0.2, 0) is 21.8 Å². The third-order valence-electron chi connectivity index (χ3n) is 3.93. The molecule has 1 saturated heterocycles. The molecule has 0 saturated carbocycles. The van der Waals surface area contributed by atoms with Crippen LogP contribution in [0.15, 0.2) is 42.7 Å². The molecule has 1 aliphatic rings. The third kappa shape index (κ3) is 5.39. The normalized spacial score (nSPS) is 17.6. The Morgan fingerprint density at radius 1 is 1.33 bits per heavy atom. The standard InChI is InChI=1S/C18H23N3O2S/c22-18(14-24-13-15-6-2-1-3-7-15)20-16-10-19-21(11-16)12-17-8-4-5-9-23-17/h1-3,6-7,10-11,17H,4-5,8-9,12-14H2,(H,20,22)/t17-/m0/s1. The van der Waals surface area contributed by atoms with Gasteiger partial charge in [-0.05, 0) is 24.8 Å². The van der Waals surface area contributed by atoms with Crippen LogP contribution in [0.1, 0.15) is 24.8 Å². The zero-order valence-electron chi connectivity index (χ0n) is 13.7. The summed E-state index contributed by atoms with van der Waals surface area (Å²) in [7, 11) is 0. The third-order valence-corrected chi connectivity index (χ3v) is 4.93. The number of nitrogens with zero attached hydrogens (tertiary/aromatic N) is 2. The molecule has 2 aromatic rings. The van der Waals surface area contributed by atoms with Crippen molar-refractivity contribution in [1.29, 1.82) is 0 Å². The van der Waals surface area contributed by atoms with E-state index in [0.29, 0.717) is 5.75 Å². The number of amides is 1. The fourth-order valence-electron chi connectivity index (χ4n) is 2.72. The van der Waals surface area contributed by atoms with Gasteiger partial charge in [-0.1, -0.05) is 30.3 Å². The highest BCUT2D eigenvalue weighted by molar-refractivity contribution is 7.99. The lowest BCUT2D eigenvalue weighted by atomic mass is 10.1. The number of carbonyl (C=O) groups excluding carboxylic acids is 1. The zero-order valence-corrected chi connectivity index (χ0v) is 14.5. The molecule has 1 fully saturated rings. The van der Waals surface area contributed by atoms with E-state index < -0.39 is 0 Å². The molecule has 6 heteroatoms. The van der Waals surface area contributed by atoms with Crippen molar-refractivity contribution in [2.75, 3.05) is 17.7 Å². The van der Waals surface area contributed by atoms with Gasteiger partial charge in [-0.25, -0.2) is 0 Å². The molecule has 128 valence electrons. The molecule has 1 aromatic heterocycles. The van der Waals surface area contributed by atoms with Gasteiger partial charge in [-0.2, -0.15) is 5.10 Å². The van der Waals surface area contributed by atoms with E-state index >= 15 is 0 Å². The average molecular weight is 345 g/mol. The molecule has 5 nitrogen and oxygen atoms in total. The average Bonchev–Trinajstić information content (AvgIpc) is 3.03. The van der Waals surface area contributed by atoms with Crippen LogP contribution in [0.25, 0.3) is 0 Å². The molecule has 1 aromatic carbocycles. The van der Waals surface area contributed by atoms with Crippen molar-refractivity contribution >= 4 is 23.4 Å². The molecular weight excluding hydrogens is 322 g/mol. The van der Waals surface area contributed by atoms with E-state index in [1.54, 1.807) is 18.0 Å². The Labute approximate surface area is 146 Å². The second kappa shape index (κ2) is 8.89. The van der Waals surface area contributed by atoms with Crippen molar-refractivity contribution in [3.63, 3.8) is 0 Å². The topological polar surface area (TPSA) is 56.2 Å². The molecular formula is C18H23N3O2S. The van der Waals surface area contributed by atoms with Crippen LogP contribution < -0.4 is 5.32 Å². The second-order valence-electron chi connectivity index (χ2n) is 5.97. The maximum atomic E-state index is 12.0. The number of carbonyl (C=O) groups is 1. The highest BCUT2D eigenvalue weighted by Crippen LogP contribution is 2.16. The van der Waals surface area contributed by atoms with Crippen LogP contribution >= 0.6 is 11.8 Å². The van der Waals surface area contributed by atoms with E-state index in [1.165, 1.54) is 12.0 Å². The quantitative estimate of drug-likeness (QED) is 0.836. The summed E-state index contributed by atoms with van der Waals surface area (Å²) in [5, 5.41) is 7.21. The predicted molar refractivity (Wildman–Crippen MR) is 97.1 cm³/mol. The van der Waals surface area contributed by atoms with Crippen LogP contribution in [0, 0.1) is 0 Å². The van der Waals surface area contributed by atoms with Crippen molar-refractivity contribution in [3.05, 3.63) is 48.3 Å². The fraction of sp³-hybridized carbons (Fsp3) is 0.444. The highest BCUT2D eigenvalue weighted by atomic mass is 32.2. The molecule has 1 aliphatic heterocycles. The number of thioether (sulfide) groups is 1. The van der Waals surface area contributed by atoms with Gasteiger partial charge in [0.1, 0.15) is 0 Å². The summed E-state index contributed by atoms with van der Waals surface area (Å²) < 4.78 is 7.57. The molecule has 1 atom stereocenters. The summed E-state index contributed by atoms with van der Waals surface area (Å²) in [6.07, 6.45) is 7.26. The first kappa shape index (κ1) is 17.0. The van der Waals surface area contributed by atoms with Crippen molar-refractivity contribution < 1.29 is 9.53 Å². The lowest BCUT2D eigenvalue weighted by molar-refractivity contribution is -0.113. The van der Waals surface area contributed by atoms with Crippen molar-refractivity contribution in [2.45, 2.75) is 37.7 Å². The molecule has 0 unspecified atom stereocenters. The first-order valence-corrected chi connectivity index (χ1v) is 9.50. The van der Waals surface area contributed by atoms with Crippen LogP contribution in [0.5, 0.6) is 0 Å². The minimum atomic E-state index is 0.00407. The summed E-state index contributed by atoms with van der Waals surface area (Å²) >= 11 is 1.61. The van der Waals surface area contributed by atoms with E-state index in [0.717, 1.165) is 37.4 Å². The van der Waals surface area contributed by atoms with Gasteiger partial charge in [-0.3, -0.25) is 9.48 Å².